The molecule has 2 unspecified atom stereocenters. The van der Waals surface area contributed by atoms with Gasteiger partial charge in [-0.25, -0.2) is 4.79 Å². The highest BCUT2D eigenvalue weighted by Gasteiger charge is 2.22. The van der Waals surface area contributed by atoms with E-state index < -0.39 is 6.09 Å². The molecule has 1 N–H and O–H groups in total. The molecular formula is C18H27NO3. The maximum Gasteiger partial charge on any atom is 0.409 e. The zero-order valence-corrected chi connectivity index (χ0v) is 13.6. The van der Waals surface area contributed by atoms with Crippen LogP contribution in [0.15, 0.2) is 43.0 Å². The van der Waals surface area contributed by atoms with E-state index in [0.29, 0.717) is 6.61 Å². The molecule has 1 aromatic rings. The molecule has 1 rings (SSSR count). The van der Waals surface area contributed by atoms with E-state index >= 15 is 0 Å². The Balaban J connectivity index is 2.53. The largest absolute Gasteiger partial charge is 0.445 e. The first-order valence-electron chi connectivity index (χ1n) is 7.90. The summed E-state index contributed by atoms with van der Waals surface area (Å²) in [6.07, 6.45) is 3.87. The Hall–Kier alpha value is -1.81. The van der Waals surface area contributed by atoms with Crippen molar-refractivity contribution in [2.24, 2.45) is 5.92 Å². The Labute approximate surface area is 133 Å². The van der Waals surface area contributed by atoms with Gasteiger partial charge in [-0.3, -0.25) is 5.32 Å². The molecule has 0 aromatic heterocycles. The Morgan fingerprint density at radius 1 is 1.32 bits per heavy atom. The highest BCUT2D eigenvalue weighted by Crippen LogP contribution is 2.18. The molecule has 2 atom stereocenters. The van der Waals surface area contributed by atoms with Crippen LogP contribution in [0.3, 0.4) is 0 Å². The third kappa shape index (κ3) is 6.76. The van der Waals surface area contributed by atoms with Crippen LogP contribution in [-0.2, 0) is 16.1 Å². The minimum atomic E-state index is -0.451. The minimum Gasteiger partial charge on any atom is -0.445 e. The second-order valence-electron chi connectivity index (χ2n) is 5.16. The number of carbonyl (C=O) groups excluding carboxylic acids is 1. The van der Waals surface area contributed by atoms with Gasteiger partial charge in [0.25, 0.3) is 0 Å². The number of hydrogen-bond donors (Lipinski definition) is 1. The number of benzene rings is 1. The summed E-state index contributed by atoms with van der Waals surface area (Å²) >= 11 is 0. The smallest absolute Gasteiger partial charge is 0.409 e. The third-order valence-electron chi connectivity index (χ3n) is 3.38. The van der Waals surface area contributed by atoms with Crippen LogP contribution in [-0.4, -0.2) is 18.9 Å². The fraction of sp³-hybridized carbons (Fsp3) is 0.500. The van der Waals surface area contributed by atoms with E-state index in [0.717, 1.165) is 24.8 Å². The highest BCUT2D eigenvalue weighted by molar-refractivity contribution is 5.67. The number of alkyl carbamates (subject to hydrolysis) is 1. The molecule has 4 heteroatoms. The second-order valence-corrected chi connectivity index (χ2v) is 5.16. The third-order valence-corrected chi connectivity index (χ3v) is 3.38. The number of nitrogens with one attached hydrogen (secondary N) is 1. The summed E-state index contributed by atoms with van der Waals surface area (Å²) in [7, 11) is 0. The highest BCUT2D eigenvalue weighted by atomic mass is 16.6. The summed E-state index contributed by atoms with van der Waals surface area (Å²) < 4.78 is 10.9. The molecule has 0 spiro atoms. The predicted molar refractivity (Wildman–Crippen MR) is 88.4 cm³/mol. The zero-order valence-electron chi connectivity index (χ0n) is 13.6. The van der Waals surface area contributed by atoms with E-state index in [4.69, 9.17) is 9.47 Å². The zero-order chi connectivity index (χ0) is 16.2. The minimum absolute atomic E-state index is 0.215. The second kappa shape index (κ2) is 10.9. The molecule has 1 aromatic carbocycles. The van der Waals surface area contributed by atoms with E-state index in [1.807, 2.05) is 43.3 Å². The van der Waals surface area contributed by atoms with Crippen molar-refractivity contribution in [2.45, 2.75) is 45.9 Å². The average Bonchev–Trinajstić information content (AvgIpc) is 2.53. The Morgan fingerprint density at radius 2 is 2.05 bits per heavy atom. The lowest BCUT2D eigenvalue weighted by Gasteiger charge is -2.26. The molecular weight excluding hydrogens is 278 g/mol. The van der Waals surface area contributed by atoms with E-state index in [1.54, 1.807) is 0 Å². The van der Waals surface area contributed by atoms with E-state index in [1.165, 1.54) is 0 Å². The summed E-state index contributed by atoms with van der Waals surface area (Å²) in [5.74, 6) is 0.215. The number of hydrogen-bond acceptors (Lipinski definition) is 3. The van der Waals surface area contributed by atoms with Gasteiger partial charge in [-0.1, -0.05) is 49.8 Å². The number of amides is 1. The van der Waals surface area contributed by atoms with Crippen LogP contribution in [0.1, 0.15) is 38.7 Å². The molecule has 0 heterocycles. The van der Waals surface area contributed by atoms with Crippen LogP contribution in [0.25, 0.3) is 0 Å². The lowest BCUT2D eigenvalue weighted by Crippen LogP contribution is -2.42. The molecule has 4 nitrogen and oxygen atoms in total. The van der Waals surface area contributed by atoms with Crippen molar-refractivity contribution in [3.8, 4) is 0 Å². The monoisotopic (exact) mass is 305 g/mol. The average molecular weight is 305 g/mol. The Kier molecular flexibility index (Phi) is 9.00. The van der Waals surface area contributed by atoms with Crippen LogP contribution in [0.4, 0.5) is 4.79 Å². The maximum absolute atomic E-state index is 12.0. The number of ether oxygens (including phenoxy) is 2. The van der Waals surface area contributed by atoms with Gasteiger partial charge in [0, 0.05) is 12.5 Å². The molecule has 0 aliphatic rings. The molecule has 1 amide bonds. The first-order valence-corrected chi connectivity index (χ1v) is 7.90. The number of carbonyl (C=O) groups is 1. The fourth-order valence-electron chi connectivity index (χ4n) is 2.33. The summed E-state index contributed by atoms with van der Waals surface area (Å²) in [5.41, 5.74) is 0.960. The van der Waals surface area contributed by atoms with Gasteiger partial charge < -0.3 is 9.47 Å². The van der Waals surface area contributed by atoms with Gasteiger partial charge in [0.1, 0.15) is 12.8 Å². The van der Waals surface area contributed by atoms with Crippen LogP contribution >= 0.6 is 0 Å². The fourth-order valence-corrected chi connectivity index (χ4v) is 2.33. The van der Waals surface area contributed by atoms with Crippen molar-refractivity contribution in [1.82, 2.24) is 5.32 Å². The Bertz CT molecular complexity index is 433. The topological polar surface area (TPSA) is 47.6 Å². The summed E-state index contributed by atoms with van der Waals surface area (Å²) in [6, 6.07) is 9.61. The number of rotatable bonds is 10. The molecule has 0 bridgehead atoms. The standard InChI is InChI=1S/C18H27NO3/c1-4-10-16(11-5-2)17(21-6-3)19-18(20)22-14-15-12-8-7-9-13-15/h4,7-9,12-13,16-17H,1,5-6,10-11,14H2,2-3H3,(H,19,20). The molecule has 0 saturated carbocycles. The molecule has 0 radical (unpaired) electrons. The van der Waals surface area contributed by atoms with Gasteiger partial charge in [-0.15, -0.1) is 6.58 Å². The molecule has 0 fully saturated rings. The number of allylic oxidation sites excluding steroid dienone is 1. The maximum atomic E-state index is 12.0. The van der Waals surface area contributed by atoms with Gasteiger partial charge in [0.15, 0.2) is 0 Å². The summed E-state index contributed by atoms with van der Waals surface area (Å²) in [5, 5.41) is 2.83. The molecule has 22 heavy (non-hydrogen) atoms. The van der Waals surface area contributed by atoms with Crippen LogP contribution in [0, 0.1) is 5.92 Å². The van der Waals surface area contributed by atoms with Crippen molar-refractivity contribution in [3.05, 3.63) is 48.6 Å². The van der Waals surface area contributed by atoms with Crippen LogP contribution < -0.4 is 5.32 Å². The van der Waals surface area contributed by atoms with E-state index in [-0.39, 0.29) is 18.8 Å². The van der Waals surface area contributed by atoms with Crippen molar-refractivity contribution in [1.29, 1.82) is 0 Å². The van der Waals surface area contributed by atoms with Gasteiger partial charge in [-0.2, -0.15) is 0 Å². The quantitative estimate of drug-likeness (QED) is 0.519. The summed E-state index contributed by atoms with van der Waals surface area (Å²) in [6.45, 7) is 8.61. The van der Waals surface area contributed by atoms with Crippen molar-refractivity contribution in [3.63, 3.8) is 0 Å². The van der Waals surface area contributed by atoms with Crippen molar-refractivity contribution < 1.29 is 14.3 Å². The van der Waals surface area contributed by atoms with E-state index in [2.05, 4.69) is 18.8 Å². The van der Waals surface area contributed by atoms with Crippen LogP contribution in [0.2, 0.25) is 0 Å². The first kappa shape index (κ1) is 18.2. The lowest BCUT2D eigenvalue weighted by molar-refractivity contribution is -0.00722. The molecule has 122 valence electrons. The van der Waals surface area contributed by atoms with Crippen molar-refractivity contribution in [2.75, 3.05) is 6.61 Å². The van der Waals surface area contributed by atoms with Crippen molar-refractivity contribution >= 4 is 6.09 Å². The molecule has 0 aliphatic carbocycles. The molecule has 0 saturated heterocycles. The lowest BCUT2D eigenvalue weighted by atomic mass is 9.98. The Morgan fingerprint density at radius 3 is 2.64 bits per heavy atom. The van der Waals surface area contributed by atoms with Gasteiger partial charge in [0.2, 0.25) is 0 Å². The normalized spacial score (nSPS) is 13.2. The SMILES string of the molecule is C=CCC(CCC)C(NC(=O)OCc1ccccc1)OCC. The summed E-state index contributed by atoms with van der Waals surface area (Å²) in [4.78, 5) is 12.0. The molecule has 0 aliphatic heterocycles. The van der Waals surface area contributed by atoms with Gasteiger partial charge in [-0.05, 0) is 25.3 Å². The van der Waals surface area contributed by atoms with E-state index in [9.17, 15) is 4.79 Å². The van der Waals surface area contributed by atoms with Gasteiger partial charge in [0.05, 0.1) is 0 Å². The first-order chi connectivity index (χ1) is 10.7. The predicted octanol–water partition coefficient (Wildman–Crippen LogP) is 4.27. The van der Waals surface area contributed by atoms with Crippen LogP contribution in [0.5, 0.6) is 0 Å². The van der Waals surface area contributed by atoms with Gasteiger partial charge >= 0.3 is 6.09 Å².